The fraction of sp³-hybridized carbons (Fsp3) is 0.611. The Bertz CT molecular complexity index is 507. The molecule has 0 bridgehead atoms. The lowest BCUT2D eigenvalue weighted by Crippen LogP contribution is -2.35. The van der Waals surface area contributed by atoms with Gasteiger partial charge in [0.2, 0.25) is 0 Å². The molecule has 1 aromatic carbocycles. The number of rotatable bonds is 7. The smallest absolute Gasteiger partial charge is 0.193 e. The summed E-state index contributed by atoms with van der Waals surface area (Å²) in [4.78, 5) is 6.99. The van der Waals surface area contributed by atoms with E-state index in [4.69, 9.17) is 5.73 Å². The zero-order valence-electron chi connectivity index (χ0n) is 14.7. The molecule has 1 aliphatic carbocycles. The molecule has 4 nitrogen and oxygen atoms in total. The van der Waals surface area contributed by atoms with Gasteiger partial charge in [0.15, 0.2) is 5.96 Å². The zero-order valence-corrected chi connectivity index (χ0v) is 17.1. The van der Waals surface area contributed by atoms with Gasteiger partial charge in [-0.1, -0.05) is 26.0 Å². The quantitative estimate of drug-likeness (QED) is 0.390. The minimum absolute atomic E-state index is 0. The van der Waals surface area contributed by atoms with E-state index in [9.17, 15) is 0 Å². The normalized spacial score (nSPS) is 15.2. The molecule has 1 aromatic rings. The lowest BCUT2D eigenvalue weighted by molar-refractivity contribution is 0.218. The van der Waals surface area contributed by atoms with Gasteiger partial charge in [0.05, 0.1) is 6.54 Å². The first-order chi connectivity index (χ1) is 10.5. The third-order valence-corrected chi connectivity index (χ3v) is 4.15. The highest BCUT2D eigenvalue weighted by Gasteiger charge is 2.29. The maximum Gasteiger partial charge on any atom is 0.193 e. The summed E-state index contributed by atoms with van der Waals surface area (Å²) in [5.74, 6) is 1.01. The Labute approximate surface area is 157 Å². The third kappa shape index (κ3) is 6.67. The highest BCUT2D eigenvalue weighted by atomic mass is 127. The van der Waals surface area contributed by atoms with E-state index in [1.54, 1.807) is 0 Å². The van der Waals surface area contributed by atoms with Crippen LogP contribution in [-0.2, 0) is 0 Å². The molecule has 0 unspecified atom stereocenters. The molecule has 3 N–H and O–H groups in total. The molecule has 0 amide bonds. The number of guanidine groups is 1. The number of aliphatic imine (C=N–C) groups is 1. The van der Waals surface area contributed by atoms with Crippen molar-refractivity contribution in [2.75, 3.05) is 18.4 Å². The Balaban J connectivity index is 0.00000264. The first-order valence-corrected chi connectivity index (χ1v) is 8.40. The molecule has 0 spiro atoms. The van der Waals surface area contributed by atoms with Crippen LogP contribution in [0.3, 0.4) is 0 Å². The van der Waals surface area contributed by atoms with E-state index < -0.39 is 0 Å². The zero-order chi connectivity index (χ0) is 16.1. The Morgan fingerprint density at radius 1 is 1.30 bits per heavy atom. The molecule has 0 aliphatic heterocycles. The van der Waals surface area contributed by atoms with Crippen LogP contribution in [0.1, 0.15) is 52.0 Å². The van der Waals surface area contributed by atoms with Crippen molar-refractivity contribution in [3.8, 4) is 0 Å². The fourth-order valence-electron chi connectivity index (χ4n) is 2.72. The number of hydrogen-bond donors (Lipinski definition) is 2. The molecule has 1 fully saturated rings. The van der Waals surface area contributed by atoms with Gasteiger partial charge in [-0.05, 0) is 50.3 Å². The molecule has 1 aliphatic rings. The van der Waals surface area contributed by atoms with Gasteiger partial charge in [0.25, 0.3) is 0 Å². The number of nitrogens with two attached hydrogens (primary N) is 1. The summed E-state index contributed by atoms with van der Waals surface area (Å²) in [6.07, 6.45) is 2.66. The summed E-state index contributed by atoms with van der Waals surface area (Å²) in [6, 6.07) is 9.71. The third-order valence-electron chi connectivity index (χ3n) is 4.15. The summed E-state index contributed by atoms with van der Waals surface area (Å²) < 4.78 is 0. The minimum atomic E-state index is 0. The van der Waals surface area contributed by atoms with Gasteiger partial charge in [0.1, 0.15) is 0 Å². The number of nitrogens with one attached hydrogen (secondary N) is 1. The van der Waals surface area contributed by atoms with Crippen molar-refractivity contribution in [2.45, 2.75) is 58.5 Å². The molecule has 5 heteroatoms. The van der Waals surface area contributed by atoms with E-state index in [1.165, 1.54) is 18.4 Å². The molecular formula is C18H31IN4. The summed E-state index contributed by atoms with van der Waals surface area (Å²) in [7, 11) is 0. The van der Waals surface area contributed by atoms with Gasteiger partial charge < -0.3 is 11.1 Å². The van der Waals surface area contributed by atoms with Crippen LogP contribution in [0.2, 0.25) is 0 Å². The molecule has 0 atom stereocenters. The van der Waals surface area contributed by atoms with Crippen LogP contribution in [0.15, 0.2) is 29.3 Å². The van der Waals surface area contributed by atoms with Gasteiger partial charge in [0, 0.05) is 24.3 Å². The average Bonchev–Trinajstić information content (AvgIpc) is 3.28. The van der Waals surface area contributed by atoms with Crippen LogP contribution in [0.25, 0.3) is 0 Å². The van der Waals surface area contributed by atoms with Crippen molar-refractivity contribution in [1.29, 1.82) is 0 Å². The van der Waals surface area contributed by atoms with Crippen molar-refractivity contribution in [3.63, 3.8) is 0 Å². The summed E-state index contributed by atoms with van der Waals surface area (Å²) >= 11 is 0. The number of benzene rings is 1. The molecule has 0 saturated heterocycles. The number of hydrogen-bond acceptors (Lipinski definition) is 2. The molecule has 23 heavy (non-hydrogen) atoms. The van der Waals surface area contributed by atoms with Crippen molar-refractivity contribution in [3.05, 3.63) is 29.8 Å². The van der Waals surface area contributed by atoms with Crippen molar-refractivity contribution >= 4 is 35.6 Å². The van der Waals surface area contributed by atoms with Crippen LogP contribution >= 0.6 is 24.0 Å². The second-order valence-corrected chi connectivity index (χ2v) is 6.73. The highest BCUT2D eigenvalue weighted by Crippen LogP contribution is 2.28. The molecule has 1 saturated carbocycles. The predicted molar refractivity (Wildman–Crippen MR) is 111 cm³/mol. The van der Waals surface area contributed by atoms with E-state index in [-0.39, 0.29) is 24.0 Å². The summed E-state index contributed by atoms with van der Waals surface area (Å²) in [5, 5.41) is 3.19. The highest BCUT2D eigenvalue weighted by molar-refractivity contribution is 14.0. The second kappa shape index (κ2) is 9.47. The molecule has 0 heterocycles. The van der Waals surface area contributed by atoms with Gasteiger partial charge >= 0.3 is 0 Å². The Morgan fingerprint density at radius 2 is 2.00 bits per heavy atom. The standard InChI is InChI=1S/C18H30N4.HI/c1-13(2)15-6-5-7-16(12-15)21-18(19)20-10-11-22(14(3)4)17-8-9-17;/h5-7,12-14,17H,8-11H2,1-4H3,(H3,19,20,21);1H. The Morgan fingerprint density at radius 3 is 2.57 bits per heavy atom. The topological polar surface area (TPSA) is 53.6 Å². The fourth-order valence-corrected chi connectivity index (χ4v) is 2.72. The van der Waals surface area contributed by atoms with E-state index in [2.05, 4.69) is 61.1 Å². The SMILES string of the molecule is CC(C)c1cccc(NC(N)=NCCN(C(C)C)C2CC2)c1.I. The lowest BCUT2D eigenvalue weighted by atomic mass is 10.0. The van der Waals surface area contributed by atoms with Gasteiger partial charge in [-0.25, -0.2) is 0 Å². The average molecular weight is 430 g/mol. The largest absolute Gasteiger partial charge is 0.370 e. The summed E-state index contributed by atoms with van der Waals surface area (Å²) in [5.41, 5.74) is 8.32. The van der Waals surface area contributed by atoms with Crippen molar-refractivity contribution in [2.24, 2.45) is 10.7 Å². The first-order valence-electron chi connectivity index (χ1n) is 8.40. The van der Waals surface area contributed by atoms with Crippen LogP contribution in [0.4, 0.5) is 5.69 Å². The number of nitrogens with zero attached hydrogens (tertiary/aromatic N) is 2. The van der Waals surface area contributed by atoms with Gasteiger partial charge in [-0.3, -0.25) is 9.89 Å². The molecular weight excluding hydrogens is 399 g/mol. The molecule has 0 radical (unpaired) electrons. The number of halogens is 1. The van der Waals surface area contributed by atoms with Crippen LogP contribution < -0.4 is 11.1 Å². The summed E-state index contributed by atoms with van der Waals surface area (Å²) in [6.45, 7) is 10.6. The van der Waals surface area contributed by atoms with E-state index in [0.29, 0.717) is 17.9 Å². The second-order valence-electron chi connectivity index (χ2n) is 6.73. The predicted octanol–water partition coefficient (Wildman–Crippen LogP) is 4.03. The lowest BCUT2D eigenvalue weighted by Gasteiger charge is -2.25. The Hall–Kier alpha value is -0.820. The monoisotopic (exact) mass is 430 g/mol. The van der Waals surface area contributed by atoms with E-state index >= 15 is 0 Å². The molecule has 2 rings (SSSR count). The van der Waals surface area contributed by atoms with Crippen LogP contribution in [-0.4, -0.2) is 36.0 Å². The molecule has 130 valence electrons. The number of anilines is 1. The van der Waals surface area contributed by atoms with E-state index in [0.717, 1.165) is 24.8 Å². The maximum atomic E-state index is 6.01. The maximum absolute atomic E-state index is 6.01. The van der Waals surface area contributed by atoms with Crippen LogP contribution in [0, 0.1) is 0 Å². The van der Waals surface area contributed by atoms with Crippen LogP contribution in [0.5, 0.6) is 0 Å². The van der Waals surface area contributed by atoms with E-state index in [1.807, 2.05) is 6.07 Å². The first kappa shape index (κ1) is 20.2. The Kier molecular flexibility index (Phi) is 8.33. The minimum Gasteiger partial charge on any atom is -0.370 e. The van der Waals surface area contributed by atoms with Crippen molar-refractivity contribution < 1.29 is 0 Å². The van der Waals surface area contributed by atoms with Crippen molar-refractivity contribution in [1.82, 2.24) is 4.90 Å². The molecule has 0 aromatic heterocycles. The van der Waals surface area contributed by atoms with Gasteiger partial charge in [-0.2, -0.15) is 0 Å². The van der Waals surface area contributed by atoms with Gasteiger partial charge in [-0.15, -0.1) is 24.0 Å².